The summed E-state index contributed by atoms with van der Waals surface area (Å²) in [6.07, 6.45) is 4.15. The van der Waals surface area contributed by atoms with Crippen LogP contribution in [0.2, 0.25) is 0 Å². The number of likely N-dealkylation sites (tertiary alicyclic amines) is 1. The predicted octanol–water partition coefficient (Wildman–Crippen LogP) is 3.02. The second-order valence-electron chi connectivity index (χ2n) is 8.46. The first kappa shape index (κ1) is 21.1. The van der Waals surface area contributed by atoms with Crippen LogP contribution in [0, 0.1) is 5.92 Å². The van der Waals surface area contributed by atoms with Crippen molar-refractivity contribution in [3.63, 3.8) is 0 Å². The number of hydrogen-bond donors (Lipinski definition) is 1. The summed E-state index contributed by atoms with van der Waals surface area (Å²) in [6.45, 7) is 1.19. The lowest BCUT2D eigenvalue weighted by Gasteiger charge is -2.32. The Bertz CT molecular complexity index is 908. The summed E-state index contributed by atoms with van der Waals surface area (Å²) in [5.74, 6) is 0.115. The quantitative estimate of drug-likeness (QED) is 0.702. The number of urea groups is 1. The van der Waals surface area contributed by atoms with Gasteiger partial charge in [-0.3, -0.25) is 14.5 Å². The van der Waals surface area contributed by atoms with Crippen molar-refractivity contribution in [2.45, 2.75) is 38.1 Å². The zero-order valence-electron chi connectivity index (χ0n) is 17.7. The third-order valence-electron chi connectivity index (χ3n) is 6.30. The van der Waals surface area contributed by atoms with Gasteiger partial charge >= 0.3 is 6.03 Å². The van der Waals surface area contributed by atoms with Crippen LogP contribution >= 0.6 is 0 Å². The van der Waals surface area contributed by atoms with Gasteiger partial charge in [-0.2, -0.15) is 0 Å². The molecule has 6 heteroatoms. The third kappa shape index (κ3) is 5.32. The molecule has 0 saturated carbocycles. The molecule has 1 atom stereocenters. The molecule has 0 bridgehead atoms. The van der Waals surface area contributed by atoms with Gasteiger partial charge in [-0.15, -0.1) is 0 Å². The molecule has 0 spiro atoms. The predicted molar refractivity (Wildman–Crippen MR) is 118 cm³/mol. The van der Waals surface area contributed by atoms with E-state index in [1.807, 2.05) is 36.4 Å². The van der Waals surface area contributed by atoms with Crippen molar-refractivity contribution in [2.24, 2.45) is 5.92 Å². The molecule has 0 unspecified atom stereocenters. The molecule has 2 aromatic rings. The van der Waals surface area contributed by atoms with Crippen molar-refractivity contribution in [3.05, 3.63) is 71.8 Å². The molecule has 31 heavy (non-hydrogen) atoms. The van der Waals surface area contributed by atoms with E-state index in [2.05, 4.69) is 29.6 Å². The molecule has 2 aliphatic rings. The van der Waals surface area contributed by atoms with Gasteiger partial charge in [-0.05, 0) is 49.1 Å². The second-order valence-corrected chi connectivity index (χ2v) is 8.46. The topological polar surface area (TPSA) is 69.7 Å². The molecule has 4 amide bonds. The van der Waals surface area contributed by atoms with Gasteiger partial charge in [0.15, 0.2) is 0 Å². The lowest BCUT2D eigenvalue weighted by molar-refractivity contribution is -0.138. The maximum absolute atomic E-state index is 12.7. The molecule has 2 aliphatic heterocycles. The average Bonchev–Trinajstić information content (AvgIpc) is 3.07. The highest BCUT2D eigenvalue weighted by Gasteiger charge is 2.39. The van der Waals surface area contributed by atoms with Gasteiger partial charge in [0.1, 0.15) is 12.6 Å². The largest absolute Gasteiger partial charge is 0.341 e. The average molecular weight is 420 g/mol. The van der Waals surface area contributed by atoms with Crippen LogP contribution in [0.15, 0.2) is 60.7 Å². The van der Waals surface area contributed by atoms with Gasteiger partial charge in [0.05, 0.1) is 0 Å². The summed E-state index contributed by atoms with van der Waals surface area (Å²) >= 11 is 0. The molecule has 0 aromatic heterocycles. The first-order valence-corrected chi connectivity index (χ1v) is 11.1. The van der Waals surface area contributed by atoms with Crippen LogP contribution in [0.1, 0.15) is 30.4 Å². The monoisotopic (exact) mass is 419 g/mol. The van der Waals surface area contributed by atoms with E-state index in [-0.39, 0.29) is 18.4 Å². The fourth-order valence-electron chi connectivity index (χ4n) is 4.45. The molecule has 2 aromatic carbocycles. The summed E-state index contributed by atoms with van der Waals surface area (Å²) in [5.41, 5.74) is 2.45. The first-order valence-electron chi connectivity index (χ1n) is 11.1. The van der Waals surface area contributed by atoms with Crippen LogP contribution < -0.4 is 5.32 Å². The number of rotatable bonds is 7. The number of carbonyl (C=O) groups excluding carboxylic acids is 3. The summed E-state index contributed by atoms with van der Waals surface area (Å²) in [4.78, 5) is 40.6. The molecule has 2 fully saturated rings. The molecule has 2 heterocycles. The van der Waals surface area contributed by atoms with Gasteiger partial charge in [-0.25, -0.2) is 4.79 Å². The number of carbonyl (C=O) groups is 3. The molecule has 6 nitrogen and oxygen atoms in total. The number of aryl methyl sites for hydroxylation is 1. The van der Waals surface area contributed by atoms with Crippen LogP contribution in [0.3, 0.4) is 0 Å². The minimum atomic E-state index is -0.558. The van der Waals surface area contributed by atoms with E-state index in [9.17, 15) is 14.4 Å². The number of nitrogens with one attached hydrogen (secondary N) is 1. The molecular formula is C25H29N3O3. The molecular weight excluding hydrogens is 390 g/mol. The van der Waals surface area contributed by atoms with E-state index in [0.29, 0.717) is 31.8 Å². The highest BCUT2D eigenvalue weighted by molar-refractivity contribution is 6.06. The Morgan fingerprint density at radius 3 is 2.16 bits per heavy atom. The van der Waals surface area contributed by atoms with Crippen LogP contribution in [0.25, 0.3) is 0 Å². The SMILES string of the molecule is O=C(CN1C(=O)N[C@@H](CCc2ccccc2)C1=O)N1CCC(Cc2ccccc2)CC1. The van der Waals surface area contributed by atoms with Crippen molar-refractivity contribution in [1.29, 1.82) is 0 Å². The van der Waals surface area contributed by atoms with Gasteiger partial charge in [0.2, 0.25) is 5.91 Å². The maximum atomic E-state index is 12.7. The molecule has 2 saturated heterocycles. The highest BCUT2D eigenvalue weighted by Crippen LogP contribution is 2.22. The van der Waals surface area contributed by atoms with E-state index in [4.69, 9.17) is 0 Å². The third-order valence-corrected chi connectivity index (χ3v) is 6.30. The Hall–Kier alpha value is -3.15. The molecule has 0 radical (unpaired) electrons. The van der Waals surface area contributed by atoms with E-state index >= 15 is 0 Å². The summed E-state index contributed by atoms with van der Waals surface area (Å²) in [5, 5.41) is 2.73. The van der Waals surface area contributed by atoms with Gasteiger partial charge in [0, 0.05) is 13.1 Å². The number of nitrogens with zero attached hydrogens (tertiary/aromatic N) is 2. The summed E-state index contributed by atoms with van der Waals surface area (Å²) in [7, 11) is 0. The lowest BCUT2D eigenvalue weighted by atomic mass is 9.90. The smallest absolute Gasteiger partial charge is 0.325 e. The number of benzene rings is 2. The van der Waals surface area contributed by atoms with Gasteiger partial charge < -0.3 is 10.2 Å². The minimum Gasteiger partial charge on any atom is -0.341 e. The van der Waals surface area contributed by atoms with Crippen molar-refractivity contribution >= 4 is 17.8 Å². The van der Waals surface area contributed by atoms with Crippen LogP contribution in [0.5, 0.6) is 0 Å². The minimum absolute atomic E-state index is 0.148. The number of imide groups is 1. The Kier molecular flexibility index (Phi) is 6.65. The molecule has 0 aliphatic carbocycles. The van der Waals surface area contributed by atoms with Crippen LogP contribution in [0.4, 0.5) is 4.79 Å². The van der Waals surface area contributed by atoms with E-state index in [1.165, 1.54) is 5.56 Å². The second kappa shape index (κ2) is 9.77. The van der Waals surface area contributed by atoms with Gasteiger partial charge in [0.25, 0.3) is 5.91 Å². The zero-order valence-corrected chi connectivity index (χ0v) is 17.7. The van der Waals surface area contributed by atoms with Gasteiger partial charge in [-0.1, -0.05) is 60.7 Å². The first-order chi connectivity index (χ1) is 15.1. The maximum Gasteiger partial charge on any atom is 0.325 e. The van der Waals surface area contributed by atoms with E-state index < -0.39 is 12.1 Å². The van der Waals surface area contributed by atoms with E-state index in [0.717, 1.165) is 29.7 Å². The lowest BCUT2D eigenvalue weighted by Crippen LogP contribution is -2.46. The fourth-order valence-corrected chi connectivity index (χ4v) is 4.45. The zero-order chi connectivity index (χ0) is 21.6. The summed E-state index contributed by atoms with van der Waals surface area (Å²) in [6, 6.07) is 19.3. The van der Waals surface area contributed by atoms with Crippen molar-refractivity contribution in [1.82, 2.24) is 15.1 Å². The molecule has 1 N–H and O–H groups in total. The Labute approximate surface area is 183 Å². The number of piperidine rings is 1. The normalized spacial score (nSPS) is 19.5. The number of amides is 4. The van der Waals surface area contributed by atoms with Crippen LogP contribution in [-0.4, -0.2) is 53.3 Å². The van der Waals surface area contributed by atoms with Crippen molar-refractivity contribution in [2.75, 3.05) is 19.6 Å². The van der Waals surface area contributed by atoms with E-state index in [1.54, 1.807) is 4.90 Å². The standard InChI is InChI=1S/C25H29N3O3/c29-23(27-15-13-21(14-16-27)17-20-9-5-2-6-10-20)18-28-24(30)22(26-25(28)31)12-11-19-7-3-1-4-8-19/h1-10,21-22H,11-18H2,(H,26,31)/t22-/m0/s1. The molecule has 162 valence electrons. The highest BCUT2D eigenvalue weighted by atomic mass is 16.2. The number of hydrogen-bond acceptors (Lipinski definition) is 3. The fraction of sp³-hybridized carbons (Fsp3) is 0.400. The summed E-state index contributed by atoms with van der Waals surface area (Å²) < 4.78 is 0. The molecule has 4 rings (SSSR count). The Balaban J connectivity index is 1.24. The Morgan fingerprint density at radius 1 is 0.903 bits per heavy atom. The Morgan fingerprint density at radius 2 is 1.52 bits per heavy atom. The van der Waals surface area contributed by atoms with Crippen LogP contribution in [-0.2, 0) is 22.4 Å². The van der Waals surface area contributed by atoms with Crippen molar-refractivity contribution < 1.29 is 14.4 Å². The van der Waals surface area contributed by atoms with Crippen molar-refractivity contribution in [3.8, 4) is 0 Å².